The van der Waals surface area contributed by atoms with Gasteiger partial charge in [-0.05, 0) is 64.8 Å². The van der Waals surface area contributed by atoms with Gasteiger partial charge in [-0.3, -0.25) is 14.9 Å². The minimum Gasteiger partial charge on any atom is -0.444 e. The molecule has 1 heterocycles. The van der Waals surface area contributed by atoms with Gasteiger partial charge in [-0.2, -0.15) is 0 Å². The zero-order valence-corrected chi connectivity index (χ0v) is 17.5. The second-order valence-corrected chi connectivity index (χ2v) is 7.66. The first kappa shape index (κ1) is 22.1. The Morgan fingerprint density at radius 1 is 1.17 bits per heavy atom. The number of carbonyl (C=O) groups excluding carboxylic acids is 3. The molecule has 0 saturated heterocycles. The van der Waals surface area contributed by atoms with Gasteiger partial charge < -0.3 is 15.0 Å². The molecule has 0 aliphatic rings. The number of nitrogens with one attached hydrogen (secondary N) is 3. The fraction of sp³-hybridized carbons (Fsp3) is 0.381. The number of ketones is 1. The van der Waals surface area contributed by atoms with Crippen molar-refractivity contribution in [3.8, 4) is 0 Å². The molecule has 0 fully saturated rings. The molecule has 3 N–H and O–H groups in total. The third-order valence-electron chi connectivity index (χ3n) is 4.08. The Morgan fingerprint density at radius 2 is 1.83 bits per heavy atom. The van der Waals surface area contributed by atoms with E-state index in [0.717, 1.165) is 6.07 Å². The van der Waals surface area contributed by atoms with Crippen molar-refractivity contribution < 1.29 is 23.5 Å². The van der Waals surface area contributed by atoms with Crippen molar-refractivity contribution in [1.29, 1.82) is 0 Å². The number of hydrogen-bond donors (Lipinski definition) is 3. The Kier molecular flexibility index (Phi) is 6.46. The second-order valence-electron chi connectivity index (χ2n) is 7.66. The third kappa shape index (κ3) is 5.43. The molecule has 1 aromatic heterocycles. The lowest BCUT2D eigenvalue weighted by Gasteiger charge is -2.20. The molecule has 8 heteroatoms. The smallest absolute Gasteiger partial charge is 0.412 e. The van der Waals surface area contributed by atoms with E-state index in [9.17, 15) is 18.8 Å². The van der Waals surface area contributed by atoms with E-state index in [1.165, 1.54) is 19.1 Å². The van der Waals surface area contributed by atoms with Crippen molar-refractivity contribution >= 4 is 29.2 Å². The van der Waals surface area contributed by atoms with E-state index < -0.39 is 23.4 Å². The number of rotatable bonds is 5. The topological polar surface area (TPSA) is 100 Å². The molecule has 2 rings (SSSR count). The lowest BCUT2D eigenvalue weighted by atomic mass is 10.0. The largest absolute Gasteiger partial charge is 0.444 e. The van der Waals surface area contributed by atoms with Crippen molar-refractivity contribution in [2.24, 2.45) is 0 Å². The van der Waals surface area contributed by atoms with Crippen molar-refractivity contribution in [1.82, 2.24) is 4.98 Å². The summed E-state index contributed by atoms with van der Waals surface area (Å²) in [6.07, 6.45) is -0.309. The van der Waals surface area contributed by atoms with Crippen LogP contribution in [0.25, 0.3) is 0 Å². The Labute approximate surface area is 169 Å². The van der Waals surface area contributed by atoms with Gasteiger partial charge in [0.25, 0.3) is 5.91 Å². The van der Waals surface area contributed by atoms with Crippen molar-refractivity contribution in [2.75, 3.05) is 10.6 Å². The van der Waals surface area contributed by atoms with Gasteiger partial charge in [0.15, 0.2) is 5.78 Å². The van der Waals surface area contributed by atoms with Crippen LogP contribution in [-0.2, 0) is 11.2 Å². The first-order chi connectivity index (χ1) is 13.4. The number of benzene rings is 1. The molecule has 29 heavy (non-hydrogen) atoms. The maximum atomic E-state index is 14.1. The molecule has 156 valence electrons. The highest BCUT2D eigenvalue weighted by Gasteiger charge is 2.22. The lowest BCUT2D eigenvalue weighted by molar-refractivity contribution is 0.0635. The molecule has 0 unspecified atom stereocenters. The monoisotopic (exact) mass is 403 g/mol. The van der Waals surface area contributed by atoms with Crippen LogP contribution in [0.3, 0.4) is 0 Å². The van der Waals surface area contributed by atoms with Crippen LogP contribution < -0.4 is 10.6 Å². The third-order valence-corrected chi connectivity index (χ3v) is 4.08. The van der Waals surface area contributed by atoms with Gasteiger partial charge >= 0.3 is 6.09 Å². The summed E-state index contributed by atoms with van der Waals surface area (Å²) < 4.78 is 19.2. The number of carbonyl (C=O) groups is 3. The van der Waals surface area contributed by atoms with Gasteiger partial charge in [-0.1, -0.05) is 6.92 Å². The Hall–Kier alpha value is -3.16. The molecule has 1 aromatic carbocycles. The summed E-state index contributed by atoms with van der Waals surface area (Å²) in [5.74, 6) is -1.26. The van der Waals surface area contributed by atoms with Crippen LogP contribution >= 0.6 is 0 Å². The minimum atomic E-state index is -0.806. The summed E-state index contributed by atoms with van der Waals surface area (Å²) in [6, 6.07) is 3.80. The molecule has 0 radical (unpaired) electrons. The van der Waals surface area contributed by atoms with Gasteiger partial charge in [0.1, 0.15) is 17.1 Å². The van der Waals surface area contributed by atoms with E-state index in [-0.39, 0.29) is 22.9 Å². The maximum Gasteiger partial charge on any atom is 0.412 e. The summed E-state index contributed by atoms with van der Waals surface area (Å²) in [7, 11) is 0. The van der Waals surface area contributed by atoms with E-state index in [0.29, 0.717) is 23.2 Å². The number of ether oxygens (including phenoxy) is 1. The van der Waals surface area contributed by atoms with Crippen LogP contribution in [0.5, 0.6) is 0 Å². The number of hydrogen-bond acceptors (Lipinski definition) is 4. The minimum absolute atomic E-state index is 0.125. The molecule has 0 spiro atoms. The number of Topliss-reactive ketones (excluding diaryl/α,β-unsaturated/α-hetero) is 1. The summed E-state index contributed by atoms with van der Waals surface area (Å²) >= 11 is 0. The van der Waals surface area contributed by atoms with Crippen LogP contribution in [0.1, 0.15) is 66.7 Å². The fourth-order valence-corrected chi connectivity index (χ4v) is 3.01. The zero-order chi connectivity index (χ0) is 21.9. The molecule has 2 amide bonds. The molecule has 0 atom stereocenters. The quantitative estimate of drug-likeness (QED) is 0.623. The number of aromatic nitrogens is 1. The lowest BCUT2D eigenvalue weighted by Crippen LogP contribution is -2.27. The highest BCUT2D eigenvalue weighted by atomic mass is 19.1. The molecule has 0 aliphatic heterocycles. The zero-order valence-electron chi connectivity index (χ0n) is 17.5. The van der Waals surface area contributed by atoms with Crippen molar-refractivity contribution in [2.45, 2.75) is 53.6 Å². The van der Waals surface area contributed by atoms with Crippen LogP contribution in [0.2, 0.25) is 0 Å². The van der Waals surface area contributed by atoms with Crippen molar-refractivity contribution in [3.05, 3.63) is 46.5 Å². The van der Waals surface area contributed by atoms with Crippen LogP contribution in [0, 0.1) is 12.7 Å². The van der Waals surface area contributed by atoms with Gasteiger partial charge in [0.2, 0.25) is 0 Å². The summed E-state index contributed by atoms with van der Waals surface area (Å²) in [4.78, 5) is 39.5. The first-order valence-corrected chi connectivity index (χ1v) is 9.26. The fourth-order valence-electron chi connectivity index (χ4n) is 3.01. The SMILES string of the molecule is CCc1c(C(=O)Nc2ccc(F)c(NC(=O)OC(C)(C)C)c2)[nH]c(C)c1C(C)=O. The average molecular weight is 403 g/mol. The highest BCUT2D eigenvalue weighted by Crippen LogP contribution is 2.24. The number of anilines is 2. The van der Waals surface area contributed by atoms with E-state index in [4.69, 9.17) is 4.74 Å². The maximum absolute atomic E-state index is 14.1. The summed E-state index contributed by atoms with van der Waals surface area (Å²) in [5, 5.41) is 4.99. The van der Waals surface area contributed by atoms with Gasteiger partial charge in [0, 0.05) is 16.9 Å². The molecule has 0 aliphatic carbocycles. The molecule has 2 aromatic rings. The molecule has 0 saturated carbocycles. The standard InChI is InChI=1S/C21H26FN3O4/c1-7-14-17(12(3)26)11(2)23-18(14)19(27)24-13-8-9-15(22)16(10-13)25-20(28)29-21(4,5)6/h8-10,23H,7H2,1-6H3,(H,24,27)(H,25,28). The Balaban J connectivity index is 2.25. The number of aryl methyl sites for hydroxylation is 1. The van der Waals surface area contributed by atoms with Crippen LogP contribution in [0.15, 0.2) is 18.2 Å². The van der Waals surface area contributed by atoms with E-state index in [2.05, 4.69) is 15.6 Å². The van der Waals surface area contributed by atoms with E-state index >= 15 is 0 Å². The predicted molar refractivity (Wildman–Crippen MR) is 109 cm³/mol. The number of H-pyrrole nitrogens is 1. The van der Waals surface area contributed by atoms with Crippen LogP contribution in [0.4, 0.5) is 20.6 Å². The number of halogens is 1. The van der Waals surface area contributed by atoms with Gasteiger partial charge in [-0.15, -0.1) is 0 Å². The van der Waals surface area contributed by atoms with Crippen molar-refractivity contribution in [3.63, 3.8) is 0 Å². The molecular formula is C21H26FN3O4. The average Bonchev–Trinajstić information content (AvgIpc) is 2.92. The predicted octanol–water partition coefficient (Wildman–Crippen LogP) is 4.83. The summed E-state index contributed by atoms with van der Waals surface area (Å²) in [6.45, 7) is 10.1. The van der Waals surface area contributed by atoms with Crippen LogP contribution in [-0.4, -0.2) is 28.4 Å². The molecule has 0 bridgehead atoms. The Morgan fingerprint density at radius 3 is 2.38 bits per heavy atom. The van der Waals surface area contributed by atoms with E-state index in [1.54, 1.807) is 27.7 Å². The Bertz CT molecular complexity index is 958. The molecular weight excluding hydrogens is 377 g/mol. The first-order valence-electron chi connectivity index (χ1n) is 9.26. The normalized spacial score (nSPS) is 11.1. The van der Waals surface area contributed by atoms with E-state index in [1.807, 2.05) is 6.92 Å². The van der Waals surface area contributed by atoms with Gasteiger partial charge in [-0.25, -0.2) is 9.18 Å². The number of aromatic amines is 1. The summed E-state index contributed by atoms with van der Waals surface area (Å²) in [5.41, 5.74) is 1.45. The molecule has 7 nitrogen and oxygen atoms in total. The number of amides is 2. The second kappa shape index (κ2) is 8.46. The highest BCUT2D eigenvalue weighted by molar-refractivity contribution is 6.08. The van der Waals surface area contributed by atoms with Gasteiger partial charge in [0.05, 0.1) is 5.69 Å².